The molecule has 0 aliphatic rings. The Morgan fingerprint density at radius 3 is 2.27 bits per heavy atom. The third-order valence-electron chi connectivity index (χ3n) is 4.79. The molecule has 3 aromatic carbocycles. The Kier molecular flexibility index (Phi) is 6.32. The zero-order chi connectivity index (χ0) is 23.4. The molecule has 4 rings (SSSR count). The summed E-state index contributed by atoms with van der Waals surface area (Å²) in [4.78, 5) is 31.3. The molecule has 0 unspecified atom stereocenters. The van der Waals surface area contributed by atoms with Crippen molar-refractivity contribution in [2.45, 2.75) is 0 Å². The molecule has 4 N–H and O–H groups in total. The summed E-state index contributed by atoms with van der Waals surface area (Å²) in [7, 11) is 0. The van der Waals surface area contributed by atoms with E-state index in [1.165, 1.54) is 64.8 Å². The van der Waals surface area contributed by atoms with Gasteiger partial charge in [0.15, 0.2) is 5.13 Å². The lowest BCUT2D eigenvalue weighted by Gasteiger charge is -2.22. The van der Waals surface area contributed by atoms with Crippen LogP contribution in [0.15, 0.2) is 78.2 Å². The summed E-state index contributed by atoms with van der Waals surface area (Å²) < 4.78 is 13.3. The Labute approximate surface area is 192 Å². The number of aromatic nitrogens is 1. The van der Waals surface area contributed by atoms with Gasteiger partial charge < -0.3 is 16.2 Å². The number of phenols is 1. The molecule has 1 aromatic heterocycles. The van der Waals surface area contributed by atoms with E-state index in [9.17, 15) is 19.1 Å². The van der Waals surface area contributed by atoms with Crippen molar-refractivity contribution in [2.75, 3.05) is 22.5 Å². The second-order valence-electron chi connectivity index (χ2n) is 7.11. The first-order valence-corrected chi connectivity index (χ1v) is 10.7. The molecule has 7 nitrogen and oxygen atoms in total. The predicted molar refractivity (Wildman–Crippen MR) is 127 cm³/mol. The molecule has 0 saturated heterocycles. The van der Waals surface area contributed by atoms with Crippen molar-refractivity contribution in [3.63, 3.8) is 0 Å². The van der Waals surface area contributed by atoms with Crippen molar-refractivity contribution < 1.29 is 19.1 Å². The molecule has 0 fully saturated rings. The quantitative estimate of drug-likeness (QED) is 0.390. The van der Waals surface area contributed by atoms with E-state index in [2.05, 4.69) is 10.3 Å². The number of amides is 2. The topological polar surface area (TPSA) is 109 Å². The maximum atomic E-state index is 13.3. The van der Waals surface area contributed by atoms with Crippen LogP contribution in [0.5, 0.6) is 5.75 Å². The molecule has 166 valence electrons. The fourth-order valence-electron chi connectivity index (χ4n) is 3.15. The lowest BCUT2D eigenvalue weighted by molar-refractivity contribution is -0.114. The highest BCUT2D eigenvalue weighted by Crippen LogP contribution is 2.25. The Morgan fingerprint density at radius 2 is 1.67 bits per heavy atom. The van der Waals surface area contributed by atoms with Crippen molar-refractivity contribution in [3.8, 4) is 17.0 Å². The Hall–Kier alpha value is -4.24. The summed E-state index contributed by atoms with van der Waals surface area (Å²) in [6.45, 7) is -0.286. The van der Waals surface area contributed by atoms with E-state index in [0.717, 1.165) is 11.3 Å². The van der Waals surface area contributed by atoms with E-state index in [1.54, 1.807) is 12.1 Å². The van der Waals surface area contributed by atoms with Crippen molar-refractivity contribution in [1.29, 1.82) is 0 Å². The Balaban J connectivity index is 1.51. The fourth-order valence-corrected chi connectivity index (χ4v) is 3.72. The second-order valence-corrected chi connectivity index (χ2v) is 8.00. The number of halogens is 1. The first-order chi connectivity index (χ1) is 15.9. The SMILES string of the molecule is Nc1nc(-c2ccc(NC(=O)CN(C(=O)c3ccc(F)cc3)c3ccc(O)cc3)cc2)cs1. The van der Waals surface area contributed by atoms with Gasteiger partial charge in [-0.15, -0.1) is 11.3 Å². The van der Waals surface area contributed by atoms with E-state index < -0.39 is 17.6 Å². The molecular weight excluding hydrogens is 443 g/mol. The summed E-state index contributed by atoms with van der Waals surface area (Å²) >= 11 is 1.34. The third kappa shape index (κ3) is 5.34. The average Bonchev–Trinajstić information content (AvgIpc) is 3.25. The molecule has 1 heterocycles. The molecule has 2 amide bonds. The first-order valence-electron chi connectivity index (χ1n) is 9.87. The first kappa shape index (κ1) is 22.0. The number of rotatable bonds is 6. The normalized spacial score (nSPS) is 10.6. The average molecular weight is 463 g/mol. The number of nitrogen functional groups attached to an aromatic ring is 1. The van der Waals surface area contributed by atoms with Crippen LogP contribution in [0.2, 0.25) is 0 Å². The van der Waals surface area contributed by atoms with E-state index in [-0.39, 0.29) is 17.9 Å². The van der Waals surface area contributed by atoms with E-state index in [0.29, 0.717) is 16.5 Å². The maximum Gasteiger partial charge on any atom is 0.258 e. The molecule has 0 aliphatic carbocycles. The summed E-state index contributed by atoms with van der Waals surface area (Å²) in [5.41, 5.74) is 8.47. The standard InChI is InChI=1S/C24H19FN4O3S/c25-17-5-1-16(2-6-17)23(32)29(19-9-11-20(30)12-10-19)13-22(31)27-18-7-3-15(4-8-18)21-14-33-24(26)28-21/h1-12,14,30H,13H2,(H2,26,28)(H,27,31). The van der Waals surface area contributed by atoms with Crippen LogP contribution in [0, 0.1) is 5.82 Å². The van der Waals surface area contributed by atoms with Crippen molar-refractivity contribution in [2.24, 2.45) is 0 Å². The zero-order valence-electron chi connectivity index (χ0n) is 17.2. The lowest BCUT2D eigenvalue weighted by Crippen LogP contribution is -2.38. The molecular formula is C24H19FN4O3S. The molecule has 0 radical (unpaired) electrons. The molecule has 4 aromatic rings. The van der Waals surface area contributed by atoms with Gasteiger partial charge in [-0.05, 0) is 60.7 Å². The van der Waals surface area contributed by atoms with Gasteiger partial charge in [0.1, 0.15) is 18.1 Å². The Morgan fingerprint density at radius 1 is 1.00 bits per heavy atom. The largest absolute Gasteiger partial charge is 0.508 e. The van der Waals surface area contributed by atoms with Crippen molar-refractivity contribution in [3.05, 3.63) is 89.6 Å². The highest BCUT2D eigenvalue weighted by atomic mass is 32.1. The Bertz CT molecular complexity index is 1270. The van der Waals surface area contributed by atoms with Gasteiger partial charge in [0.2, 0.25) is 5.91 Å². The molecule has 33 heavy (non-hydrogen) atoms. The number of hydrogen-bond donors (Lipinski definition) is 3. The highest BCUT2D eigenvalue weighted by Gasteiger charge is 2.21. The van der Waals surface area contributed by atoms with Crippen LogP contribution in [0.3, 0.4) is 0 Å². The van der Waals surface area contributed by atoms with Crippen molar-refractivity contribution >= 4 is 39.7 Å². The fraction of sp³-hybridized carbons (Fsp3) is 0.0417. The predicted octanol–water partition coefficient (Wildman–Crippen LogP) is 4.52. The highest BCUT2D eigenvalue weighted by molar-refractivity contribution is 7.13. The smallest absolute Gasteiger partial charge is 0.258 e. The monoisotopic (exact) mass is 462 g/mol. The van der Waals surface area contributed by atoms with Crippen molar-refractivity contribution in [1.82, 2.24) is 4.98 Å². The molecule has 0 spiro atoms. The van der Waals surface area contributed by atoms with E-state index in [4.69, 9.17) is 5.73 Å². The summed E-state index contributed by atoms with van der Waals surface area (Å²) in [5.74, 6) is -1.35. The number of hydrogen-bond acceptors (Lipinski definition) is 6. The number of nitrogens with two attached hydrogens (primary N) is 1. The van der Waals surface area contributed by atoms with Crippen LogP contribution in [-0.4, -0.2) is 28.4 Å². The van der Waals surface area contributed by atoms with Gasteiger partial charge >= 0.3 is 0 Å². The van der Waals surface area contributed by atoms with Crippen LogP contribution in [0.1, 0.15) is 10.4 Å². The lowest BCUT2D eigenvalue weighted by atomic mass is 10.1. The number of nitrogens with one attached hydrogen (secondary N) is 1. The third-order valence-corrected chi connectivity index (χ3v) is 5.46. The number of aromatic hydroxyl groups is 1. The summed E-state index contributed by atoms with van der Waals surface area (Å²) in [5, 5.41) is 14.7. The maximum absolute atomic E-state index is 13.3. The van der Waals surface area contributed by atoms with Crippen LogP contribution in [0.25, 0.3) is 11.3 Å². The number of nitrogens with zero attached hydrogens (tertiary/aromatic N) is 2. The number of carbonyl (C=O) groups is 2. The number of thiazole rings is 1. The summed E-state index contributed by atoms with van der Waals surface area (Å²) in [6, 6.07) is 18.0. The van der Waals surface area contributed by atoms with Gasteiger partial charge in [0.25, 0.3) is 5.91 Å². The van der Waals surface area contributed by atoms with Crippen LogP contribution in [0.4, 0.5) is 20.9 Å². The molecule has 0 saturated carbocycles. The zero-order valence-corrected chi connectivity index (χ0v) is 18.1. The second kappa shape index (κ2) is 9.49. The molecule has 0 atom stereocenters. The van der Waals surface area contributed by atoms with Crippen LogP contribution >= 0.6 is 11.3 Å². The van der Waals surface area contributed by atoms with Gasteiger partial charge in [0.05, 0.1) is 5.69 Å². The van der Waals surface area contributed by atoms with Gasteiger partial charge in [-0.2, -0.15) is 0 Å². The van der Waals surface area contributed by atoms with Crippen LogP contribution in [-0.2, 0) is 4.79 Å². The summed E-state index contributed by atoms with van der Waals surface area (Å²) in [6.07, 6.45) is 0. The van der Waals surface area contributed by atoms with Gasteiger partial charge in [-0.1, -0.05) is 12.1 Å². The van der Waals surface area contributed by atoms with Gasteiger partial charge in [0, 0.05) is 27.9 Å². The van der Waals surface area contributed by atoms with Gasteiger partial charge in [-0.3, -0.25) is 14.5 Å². The minimum Gasteiger partial charge on any atom is -0.508 e. The van der Waals surface area contributed by atoms with Gasteiger partial charge in [-0.25, -0.2) is 9.37 Å². The number of carbonyl (C=O) groups excluding carboxylic acids is 2. The van der Waals surface area contributed by atoms with Crippen LogP contribution < -0.4 is 16.0 Å². The molecule has 9 heteroatoms. The molecule has 0 aliphatic heterocycles. The minimum absolute atomic E-state index is 0.0272. The van der Waals surface area contributed by atoms with E-state index >= 15 is 0 Å². The minimum atomic E-state index is -0.479. The van der Waals surface area contributed by atoms with E-state index in [1.807, 2.05) is 17.5 Å². The number of phenolic OH excluding ortho intramolecular Hbond substituents is 1. The number of benzene rings is 3. The number of anilines is 3. The molecule has 0 bridgehead atoms.